The van der Waals surface area contributed by atoms with E-state index in [1.54, 1.807) is 0 Å². The molecule has 0 N–H and O–H groups in total. The minimum absolute atomic E-state index is 0.146. The van der Waals surface area contributed by atoms with Crippen molar-refractivity contribution in [2.24, 2.45) is 0 Å². The summed E-state index contributed by atoms with van der Waals surface area (Å²) in [6.07, 6.45) is 2.59. The Morgan fingerprint density at radius 1 is 1.08 bits per heavy atom. The molecule has 1 saturated heterocycles. The number of hydrogen-bond acceptors (Lipinski definition) is 2. The number of aromatic nitrogens is 2. The molecule has 0 bridgehead atoms. The first kappa shape index (κ1) is 16.8. The smallest absolute Gasteiger partial charge is 0.227 e. The second kappa shape index (κ2) is 6.94. The quantitative estimate of drug-likeness (QED) is 0.680. The van der Waals surface area contributed by atoms with Gasteiger partial charge in [-0.1, -0.05) is 38.1 Å². The molecule has 0 radical (unpaired) electrons. The third kappa shape index (κ3) is 2.90. The molecular formula is C22H25N3O. The number of amides is 1. The van der Waals surface area contributed by atoms with E-state index < -0.39 is 0 Å². The first-order valence-electron chi connectivity index (χ1n) is 9.55. The Kier molecular flexibility index (Phi) is 4.49. The number of para-hydroxylation sites is 2. The molecule has 1 amide bonds. The summed E-state index contributed by atoms with van der Waals surface area (Å²) in [7, 11) is 0. The normalized spacial score (nSPS) is 17.4. The predicted octanol–water partition coefficient (Wildman–Crippen LogP) is 4.53. The van der Waals surface area contributed by atoms with Crippen molar-refractivity contribution in [3.8, 4) is 0 Å². The second-order valence-corrected chi connectivity index (χ2v) is 7.04. The van der Waals surface area contributed by atoms with Gasteiger partial charge in [0.15, 0.2) is 0 Å². The fourth-order valence-corrected chi connectivity index (χ4v) is 3.91. The fourth-order valence-electron chi connectivity index (χ4n) is 3.91. The van der Waals surface area contributed by atoms with Crippen LogP contribution < -0.4 is 4.90 Å². The van der Waals surface area contributed by atoms with Gasteiger partial charge < -0.3 is 9.47 Å². The number of carbonyl (C=O) groups is 1. The van der Waals surface area contributed by atoms with Crippen LogP contribution in [-0.4, -0.2) is 22.0 Å². The molecule has 1 atom stereocenters. The van der Waals surface area contributed by atoms with Crippen LogP contribution >= 0.6 is 0 Å². The molecule has 0 unspecified atom stereocenters. The molecule has 1 aromatic heterocycles. The van der Waals surface area contributed by atoms with E-state index in [2.05, 4.69) is 60.9 Å². The number of rotatable bonds is 5. The van der Waals surface area contributed by atoms with E-state index in [-0.39, 0.29) is 11.8 Å². The zero-order valence-electron chi connectivity index (χ0n) is 15.5. The molecule has 134 valence electrons. The Morgan fingerprint density at radius 3 is 2.58 bits per heavy atom. The van der Waals surface area contributed by atoms with Crippen molar-refractivity contribution in [2.75, 3.05) is 11.4 Å². The average Bonchev–Trinajstić information content (AvgIpc) is 3.23. The maximum Gasteiger partial charge on any atom is 0.227 e. The monoisotopic (exact) mass is 347 g/mol. The van der Waals surface area contributed by atoms with Crippen molar-refractivity contribution >= 4 is 22.6 Å². The Morgan fingerprint density at radius 2 is 1.85 bits per heavy atom. The zero-order valence-corrected chi connectivity index (χ0v) is 15.5. The molecule has 4 heteroatoms. The number of nitrogens with zero attached hydrogens (tertiary/aromatic N) is 3. The van der Waals surface area contributed by atoms with Crippen molar-refractivity contribution in [1.29, 1.82) is 0 Å². The van der Waals surface area contributed by atoms with Gasteiger partial charge in [-0.05, 0) is 42.7 Å². The van der Waals surface area contributed by atoms with Crippen LogP contribution in [0.25, 0.3) is 11.0 Å². The molecule has 0 saturated carbocycles. The highest BCUT2D eigenvalue weighted by Crippen LogP contribution is 2.33. The summed E-state index contributed by atoms with van der Waals surface area (Å²) in [5.74, 6) is 1.38. The third-order valence-electron chi connectivity index (χ3n) is 5.28. The number of carbonyl (C=O) groups excluding carboxylic acids is 1. The fraction of sp³-hybridized carbons (Fsp3) is 0.364. The van der Waals surface area contributed by atoms with Crippen molar-refractivity contribution in [1.82, 2.24) is 9.55 Å². The van der Waals surface area contributed by atoms with Gasteiger partial charge in [-0.3, -0.25) is 4.79 Å². The molecule has 3 aromatic rings. The van der Waals surface area contributed by atoms with Gasteiger partial charge in [-0.2, -0.15) is 0 Å². The van der Waals surface area contributed by atoms with Crippen LogP contribution in [0.15, 0.2) is 48.5 Å². The molecule has 1 fully saturated rings. The molecular weight excluding hydrogens is 322 g/mol. The zero-order chi connectivity index (χ0) is 18.1. The number of benzene rings is 2. The van der Waals surface area contributed by atoms with E-state index in [9.17, 15) is 4.79 Å². The summed E-state index contributed by atoms with van der Waals surface area (Å²) in [5, 5.41) is 0. The van der Waals surface area contributed by atoms with E-state index in [1.807, 2.05) is 11.0 Å². The summed E-state index contributed by atoms with van der Waals surface area (Å²) in [6.45, 7) is 5.97. The van der Waals surface area contributed by atoms with Crippen LogP contribution in [0.5, 0.6) is 0 Å². The van der Waals surface area contributed by atoms with Gasteiger partial charge in [0.05, 0.1) is 11.0 Å². The van der Waals surface area contributed by atoms with E-state index in [4.69, 9.17) is 4.98 Å². The lowest BCUT2D eigenvalue weighted by molar-refractivity contribution is -0.117. The first-order chi connectivity index (χ1) is 12.7. The number of aryl methyl sites for hydroxylation is 2. The second-order valence-electron chi connectivity index (χ2n) is 7.04. The van der Waals surface area contributed by atoms with Gasteiger partial charge in [0, 0.05) is 31.1 Å². The Balaban J connectivity index is 1.66. The van der Waals surface area contributed by atoms with Crippen molar-refractivity contribution in [2.45, 2.75) is 45.6 Å². The van der Waals surface area contributed by atoms with Gasteiger partial charge in [0.25, 0.3) is 0 Å². The van der Waals surface area contributed by atoms with Gasteiger partial charge in [-0.15, -0.1) is 0 Å². The first-order valence-corrected chi connectivity index (χ1v) is 9.55. The van der Waals surface area contributed by atoms with Gasteiger partial charge in [-0.25, -0.2) is 4.98 Å². The minimum atomic E-state index is 0.146. The lowest BCUT2D eigenvalue weighted by Gasteiger charge is -2.17. The van der Waals surface area contributed by atoms with Gasteiger partial charge >= 0.3 is 0 Å². The van der Waals surface area contributed by atoms with E-state index in [0.717, 1.165) is 36.4 Å². The lowest BCUT2D eigenvalue weighted by Crippen LogP contribution is -2.24. The lowest BCUT2D eigenvalue weighted by atomic mass is 10.1. The summed E-state index contributed by atoms with van der Waals surface area (Å²) >= 11 is 0. The van der Waals surface area contributed by atoms with E-state index in [0.29, 0.717) is 13.0 Å². The largest absolute Gasteiger partial charge is 0.328 e. The van der Waals surface area contributed by atoms with E-state index in [1.165, 1.54) is 11.1 Å². The number of hydrogen-bond donors (Lipinski definition) is 0. The van der Waals surface area contributed by atoms with Crippen LogP contribution in [0.2, 0.25) is 0 Å². The van der Waals surface area contributed by atoms with Gasteiger partial charge in [0.2, 0.25) is 5.91 Å². The number of anilines is 1. The van der Waals surface area contributed by atoms with Crippen molar-refractivity contribution in [3.63, 3.8) is 0 Å². The topological polar surface area (TPSA) is 38.1 Å². The highest BCUT2D eigenvalue weighted by Gasteiger charge is 2.34. The van der Waals surface area contributed by atoms with Crippen molar-refractivity contribution in [3.05, 3.63) is 59.9 Å². The SMILES string of the molecule is CCCn1c([C@@H]2CC(=O)N(c3ccc(CC)cc3)C2)nc2ccccc21. The molecule has 1 aliphatic rings. The highest BCUT2D eigenvalue weighted by atomic mass is 16.2. The molecule has 0 spiro atoms. The maximum absolute atomic E-state index is 12.7. The van der Waals surface area contributed by atoms with E-state index >= 15 is 0 Å². The molecule has 0 aliphatic carbocycles. The van der Waals surface area contributed by atoms with Crippen molar-refractivity contribution < 1.29 is 4.79 Å². The minimum Gasteiger partial charge on any atom is -0.328 e. The Bertz CT molecular complexity index is 926. The summed E-state index contributed by atoms with van der Waals surface area (Å²) in [5.41, 5.74) is 4.48. The third-order valence-corrected chi connectivity index (χ3v) is 5.28. The summed E-state index contributed by atoms with van der Waals surface area (Å²) in [6, 6.07) is 16.6. The average molecular weight is 347 g/mol. The molecule has 26 heavy (non-hydrogen) atoms. The standard InChI is InChI=1S/C22H25N3O/c1-3-13-24-20-8-6-5-7-19(20)23-22(24)17-14-21(26)25(15-17)18-11-9-16(4-2)10-12-18/h5-12,17H,3-4,13-15H2,1-2H3/t17-/m1/s1. The molecule has 2 aromatic carbocycles. The van der Waals surface area contributed by atoms with Crippen LogP contribution in [0.4, 0.5) is 5.69 Å². The number of imidazole rings is 1. The molecule has 2 heterocycles. The molecule has 1 aliphatic heterocycles. The Labute approximate surface area is 154 Å². The van der Waals surface area contributed by atoms with Crippen LogP contribution in [0.1, 0.15) is 44.0 Å². The number of fused-ring (bicyclic) bond motifs is 1. The molecule has 4 rings (SSSR count). The maximum atomic E-state index is 12.7. The van der Waals surface area contributed by atoms with Crippen LogP contribution in [0.3, 0.4) is 0 Å². The summed E-state index contributed by atoms with van der Waals surface area (Å²) < 4.78 is 2.30. The molecule has 4 nitrogen and oxygen atoms in total. The summed E-state index contributed by atoms with van der Waals surface area (Å²) in [4.78, 5) is 19.5. The van der Waals surface area contributed by atoms with Gasteiger partial charge in [0.1, 0.15) is 5.82 Å². The Hall–Kier alpha value is -2.62. The predicted molar refractivity (Wildman–Crippen MR) is 106 cm³/mol. The van der Waals surface area contributed by atoms with Crippen LogP contribution in [-0.2, 0) is 17.8 Å². The van der Waals surface area contributed by atoms with Crippen LogP contribution in [0, 0.1) is 0 Å². The highest BCUT2D eigenvalue weighted by molar-refractivity contribution is 5.96.